The summed E-state index contributed by atoms with van der Waals surface area (Å²) in [5.41, 5.74) is 0. The summed E-state index contributed by atoms with van der Waals surface area (Å²) in [6, 6.07) is 0. The Kier molecular flexibility index (Phi) is 4.79. The van der Waals surface area contributed by atoms with Crippen LogP contribution in [-0.2, 0) is 9.53 Å². The molecule has 1 aliphatic heterocycles. The first-order chi connectivity index (χ1) is 6.63. The lowest BCUT2D eigenvalue weighted by molar-refractivity contribution is -0.147. The van der Waals surface area contributed by atoms with Gasteiger partial charge in [0.2, 0.25) is 0 Å². The van der Waals surface area contributed by atoms with Crippen LogP contribution in [0.25, 0.3) is 0 Å². The lowest BCUT2D eigenvalue weighted by atomic mass is 10.00. The topological polar surface area (TPSA) is 26.3 Å². The molecule has 0 aliphatic carbocycles. The first-order valence-corrected chi connectivity index (χ1v) is 6.46. The van der Waals surface area contributed by atoms with Crippen LogP contribution in [0, 0.1) is 11.8 Å². The van der Waals surface area contributed by atoms with Gasteiger partial charge in [0, 0.05) is 5.25 Å². The van der Waals surface area contributed by atoms with Crippen molar-refractivity contribution >= 4 is 17.7 Å². The van der Waals surface area contributed by atoms with Gasteiger partial charge in [-0.2, -0.15) is 11.8 Å². The zero-order chi connectivity index (χ0) is 10.6. The zero-order valence-electron chi connectivity index (χ0n) is 9.29. The summed E-state index contributed by atoms with van der Waals surface area (Å²) in [5.74, 6) is 2.10. The molecule has 14 heavy (non-hydrogen) atoms. The summed E-state index contributed by atoms with van der Waals surface area (Å²) in [4.78, 5) is 11.4. The lowest BCUT2D eigenvalue weighted by Crippen LogP contribution is -2.18. The summed E-state index contributed by atoms with van der Waals surface area (Å²) in [6.07, 6.45) is 2.24. The normalized spacial score (nSPS) is 28.8. The predicted octanol–water partition coefficient (Wildman–Crippen LogP) is 2.72. The first-order valence-electron chi connectivity index (χ1n) is 5.41. The maximum Gasteiger partial charge on any atom is 0.308 e. The number of carbonyl (C=O) groups is 1. The van der Waals surface area contributed by atoms with Gasteiger partial charge < -0.3 is 4.74 Å². The van der Waals surface area contributed by atoms with E-state index in [0.29, 0.717) is 11.9 Å². The van der Waals surface area contributed by atoms with Crippen molar-refractivity contribution in [2.45, 2.75) is 38.9 Å². The smallest absolute Gasteiger partial charge is 0.308 e. The Hall–Kier alpha value is -0.180. The van der Waals surface area contributed by atoms with Crippen molar-refractivity contribution in [3.8, 4) is 0 Å². The second-order valence-corrected chi connectivity index (χ2v) is 5.52. The summed E-state index contributed by atoms with van der Waals surface area (Å²) in [6.45, 7) is 6.61. The van der Waals surface area contributed by atoms with Crippen LogP contribution in [0.2, 0.25) is 0 Å². The lowest BCUT2D eigenvalue weighted by Gasteiger charge is -2.14. The quantitative estimate of drug-likeness (QED) is 0.676. The molecular weight excluding hydrogens is 196 g/mol. The van der Waals surface area contributed by atoms with Gasteiger partial charge in [-0.1, -0.05) is 13.8 Å². The summed E-state index contributed by atoms with van der Waals surface area (Å²) >= 11 is 2.01. The molecule has 3 unspecified atom stereocenters. The highest BCUT2D eigenvalue weighted by Crippen LogP contribution is 2.34. The van der Waals surface area contributed by atoms with E-state index in [1.807, 2.05) is 25.6 Å². The monoisotopic (exact) mass is 216 g/mol. The molecule has 0 aromatic carbocycles. The van der Waals surface area contributed by atoms with Gasteiger partial charge in [-0.3, -0.25) is 4.79 Å². The van der Waals surface area contributed by atoms with Gasteiger partial charge in [-0.15, -0.1) is 0 Å². The molecule has 1 aliphatic rings. The van der Waals surface area contributed by atoms with Gasteiger partial charge in [0.05, 0.1) is 12.5 Å². The zero-order valence-corrected chi connectivity index (χ0v) is 10.1. The number of rotatable bonds is 4. The van der Waals surface area contributed by atoms with E-state index in [1.165, 1.54) is 12.2 Å². The SMILES string of the molecule is CCOC(=O)C(C)CC1CC(C)CS1. The Morgan fingerprint density at radius 1 is 1.64 bits per heavy atom. The molecule has 0 N–H and O–H groups in total. The van der Waals surface area contributed by atoms with Crippen molar-refractivity contribution in [2.75, 3.05) is 12.4 Å². The minimum atomic E-state index is -0.0346. The third-order valence-corrected chi connectivity index (χ3v) is 4.20. The Morgan fingerprint density at radius 2 is 2.36 bits per heavy atom. The van der Waals surface area contributed by atoms with E-state index in [4.69, 9.17) is 4.74 Å². The average Bonchev–Trinajstić information content (AvgIpc) is 2.51. The highest BCUT2D eigenvalue weighted by atomic mass is 32.2. The van der Waals surface area contributed by atoms with Crippen molar-refractivity contribution in [1.82, 2.24) is 0 Å². The molecule has 0 bridgehead atoms. The van der Waals surface area contributed by atoms with Crippen LogP contribution in [-0.4, -0.2) is 23.6 Å². The van der Waals surface area contributed by atoms with Crippen molar-refractivity contribution < 1.29 is 9.53 Å². The fourth-order valence-electron chi connectivity index (χ4n) is 1.82. The predicted molar refractivity (Wildman–Crippen MR) is 60.4 cm³/mol. The number of esters is 1. The maximum atomic E-state index is 11.4. The average molecular weight is 216 g/mol. The molecule has 1 heterocycles. The molecule has 3 heteroatoms. The molecule has 0 aromatic heterocycles. The molecule has 1 saturated heterocycles. The molecule has 3 atom stereocenters. The van der Waals surface area contributed by atoms with Gasteiger partial charge in [-0.25, -0.2) is 0 Å². The van der Waals surface area contributed by atoms with Crippen LogP contribution in [0.4, 0.5) is 0 Å². The van der Waals surface area contributed by atoms with Crippen molar-refractivity contribution in [2.24, 2.45) is 11.8 Å². The van der Waals surface area contributed by atoms with Gasteiger partial charge in [0.15, 0.2) is 0 Å². The van der Waals surface area contributed by atoms with Crippen LogP contribution in [0.1, 0.15) is 33.6 Å². The number of carbonyl (C=O) groups excluding carboxylic acids is 1. The molecular formula is C11H20O2S. The molecule has 0 aromatic rings. The highest BCUT2D eigenvalue weighted by molar-refractivity contribution is 8.00. The number of ether oxygens (including phenoxy) is 1. The molecule has 1 fully saturated rings. The van der Waals surface area contributed by atoms with E-state index in [0.717, 1.165) is 12.3 Å². The molecule has 2 nitrogen and oxygen atoms in total. The molecule has 82 valence electrons. The molecule has 1 rings (SSSR count). The van der Waals surface area contributed by atoms with Crippen LogP contribution in [0.3, 0.4) is 0 Å². The Morgan fingerprint density at radius 3 is 2.86 bits per heavy atom. The fraction of sp³-hybridized carbons (Fsp3) is 0.909. The molecule has 0 saturated carbocycles. The maximum absolute atomic E-state index is 11.4. The van der Waals surface area contributed by atoms with Crippen molar-refractivity contribution in [3.05, 3.63) is 0 Å². The van der Waals surface area contributed by atoms with Gasteiger partial charge in [-0.05, 0) is 31.4 Å². The van der Waals surface area contributed by atoms with Crippen LogP contribution in [0.5, 0.6) is 0 Å². The molecule has 0 radical (unpaired) electrons. The summed E-state index contributed by atoms with van der Waals surface area (Å²) < 4.78 is 4.99. The number of thioether (sulfide) groups is 1. The van der Waals surface area contributed by atoms with E-state index in [2.05, 4.69) is 6.92 Å². The van der Waals surface area contributed by atoms with Crippen LogP contribution in [0.15, 0.2) is 0 Å². The van der Waals surface area contributed by atoms with Crippen molar-refractivity contribution in [1.29, 1.82) is 0 Å². The van der Waals surface area contributed by atoms with E-state index in [-0.39, 0.29) is 11.9 Å². The van der Waals surface area contributed by atoms with Crippen LogP contribution >= 0.6 is 11.8 Å². The minimum Gasteiger partial charge on any atom is -0.466 e. The standard InChI is InChI=1S/C11H20O2S/c1-4-13-11(12)9(3)6-10-5-8(2)7-14-10/h8-10H,4-7H2,1-3H3. The first kappa shape index (κ1) is 11.9. The van der Waals surface area contributed by atoms with Crippen molar-refractivity contribution in [3.63, 3.8) is 0 Å². The number of hydrogen-bond donors (Lipinski definition) is 0. The Bertz CT molecular complexity index is 194. The van der Waals surface area contributed by atoms with E-state index in [1.54, 1.807) is 0 Å². The largest absolute Gasteiger partial charge is 0.466 e. The fourth-order valence-corrected chi connectivity index (χ4v) is 3.45. The minimum absolute atomic E-state index is 0.0346. The van der Waals surface area contributed by atoms with Gasteiger partial charge in [0.1, 0.15) is 0 Å². The third kappa shape index (κ3) is 3.52. The molecule has 0 amide bonds. The summed E-state index contributed by atoms with van der Waals surface area (Å²) in [7, 11) is 0. The highest BCUT2D eigenvalue weighted by Gasteiger charge is 2.26. The number of hydrogen-bond acceptors (Lipinski definition) is 3. The van der Waals surface area contributed by atoms with E-state index < -0.39 is 0 Å². The van der Waals surface area contributed by atoms with Gasteiger partial charge >= 0.3 is 5.97 Å². The third-order valence-electron chi connectivity index (χ3n) is 2.59. The van der Waals surface area contributed by atoms with Crippen LogP contribution < -0.4 is 0 Å². The molecule has 0 spiro atoms. The second-order valence-electron chi connectivity index (χ2n) is 4.19. The van der Waals surface area contributed by atoms with E-state index >= 15 is 0 Å². The van der Waals surface area contributed by atoms with Gasteiger partial charge in [0.25, 0.3) is 0 Å². The Labute approximate surface area is 90.8 Å². The Balaban J connectivity index is 2.26. The summed E-state index contributed by atoms with van der Waals surface area (Å²) in [5, 5.41) is 0.671. The second kappa shape index (κ2) is 5.64. The van der Waals surface area contributed by atoms with E-state index in [9.17, 15) is 4.79 Å².